The molecule has 0 unspecified atom stereocenters. The highest BCUT2D eigenvalue weighted by Crippen LogP contribution is 2.40. The van der Waals surface area contributed by atoms with Crippen LogP contribution in [-0.2, 0) is 12.4 Å². The summed E-state index contributed by atoms with van der Waals surface area (Å²) in [7, 11) is 0. The van der Waals surface area contributed by atoms with Crippen LogP contribution in [0.3, 0.4) is 0 Å². The van der Waals surface area contributed by atoms with Gasteiger partial charge in [0.1, 0.15) is 11.3 Å². The van der Waals surface area contributed by atoms with E-state index in [9.17, 15) is 26.3 Å². The Morgan fingerprint density at radius 1 is 0.889 bits per heavy atom. The zero-order chi connectivity index (χ0) is 13.7. The average Bonchev–Trinajstić information content (AvgIpc) is 2.52. The van der Waals surface area contributed by atoms with Gasteiger partial charge in [-0.1, -0.05) is 0 Å². The molecule has 0 N–H and O–H groups in total. The first kappa shape index (κ1) is 12.8. The van der Waals surface area contributed by atoms with Gasteiger partial charge in [-0.05, 0) is 25.1 Å². The van der Waals surface area contributed by atoms with Crippen molar-refractivity contribution in [2.75, 3.05) is 0 Å². The lowest BCUT2D eigenvalue weighted by atomic mass is 10.1. The third kappa shape index (κ3) is 2.16. The first-order chi connectivity index (χ1) is 8.09. The third-order valence-electron chi connectivity index (χ3n) is 2.39. The molecule has 0 aliphatic rings. The van der Waals surface area contributed by atoms with Crippen molar-refractivity contribution >= 4 is 11.0 Å². The lowest BCUT2D eigenvalue weighted by Crippen LogP contribution is -2.10. The molecule has 2 rings (SSSR count). The van der Waals surface area contributed by atoms with Crippen molar-refractivity contribution in [2.24, 2.45) is 0 Å². The van der Waals surface area contributed by atoms with Gasteiger partial charge >= 0.3 is 12.4 Å². The molecule has 0 saturated heterocycles. The molecule has 0 amide bonds. The van der Waals surface area contributed by atoms with Gasteiger partial charge in [-0.25, -0.2) is 0 Å². The van der Waals surface area contributed by atoms with Crippen LogP contribution < -0.4 is 0 Å². The van der Waals surface area contributed by atoms with Gasteiger partial charge in [-0.2, -0.15) is 26.3 Å². The molecule has 0 aliphatic carbocycles. The maximum absolute atomic E-state index is 12.7. The molecule has 0 bridgehead atoms. The lowest BCUT2D eigenvalue weighted by Gasteiger charge is -2.12. The number of furan rings is 1. The van der Waals surface area contributed by atoms with E-state index >= 15 is 0 Å². The summed E-state index contributed by atoms with van der Waals surface area (Å²) in [5, 5.41) is -0.368. The number of fused-ring (bicyclic) bond motifs is 1. The topological polar surface area (TPSA) is 13.1 Å². The standard InChI is InChI=1S/C11H6F6O/c1-5-2-7-8(11(15,16)17)3-6(10(12,13)14)4-9(7)18-5/h2-4H,1H3. The van der Waals surface area contributed by atoms with Gasteiger partial charge in [0, 0.05) is 5.39 Å². The van der Waals surface area contributed by atoms with Crippen molar-refractivity contribution in [1.29, 1.82) is 0 Å². The normalized spacial score (nSPS) is 13.3. The van der Waals surface area contributed by atoms with E-state index in [-0.39, 0.29) is 17.2 Å². The molecule has 7 heteroatoms. The Morgan fingerprint density at radius 2 is 1.50 bits per heavy atom. The molecule has 0 aliphatic heterocycles. The van der Waals surface area contributed by atoms with Gasteiger partial charge in [-0.15, -0.1) is 0 Å². The molecule has 0 saturated carbocycles. The molecule has 18 heavy (non-hydrogen) atoms. The highest BCUT2D eigenvalue weighted by atomic mass is 19.4. The Hall–Kier alpha value is -1.66. The largest absolute Gasteiger partial charge is 0.461 e. The summed E-state index contributed by atoms with van der Waals surface area (Å²) in [5.74, 6) is 0.120. The fourth-order valence-corrected chi connectivity index (χ4v) is 1.66. The predicted molar refractivity (Wildman–Crippen MR) is 51.0 cm³/mol. The highest BCUT2D eigenvalue weighted by Gasteiger charge is 2.38. The van der Waals surface area contributed by atoms with Crippen LogP contribution in [0.25, 0.3) is 11.0 Å². The monoisotopic (exact) mass is 268 g/mol. The molecule has 98 valence electrons. The van der Waals surface area contributed by atoms with E-state index in [2.05, 4.69) is 0 Å². The Labute approximate surface area is 97.0 Å². The Morgan fingerprint density at radius 3 is 2.00 bits per heavy atom. The van der Waals surface area contributed by atoms with Crippen molar-refractivity contribution in [3.8, 4) is 0 Å². The molecule has 0 spiro atoms. The van der Waals surface area contributed by atoms with Crippen LogP contribution in [0.2, 0.25) is 0 Å². The van der Waals surface area contributed by atoms with Crippen LogP contribution >= 0.6 is 0 Å². The molecule has 0 fully saturated rings. The molecule has 0 atom stereocenters. The second-order valence-electron chi connectivity index (χ2n) is 3.79. The zero-order valence-corrected chi connectivity index (χ0v) is 8.91. The van der Waals surface area contributed by atoms with E-state index in [1.807, 2.05) is 0 Å². The smallest absolute Gasteiger partial charge is 0.417 e. The van der Waals surface area contributed by atoms with E-state index in [0.29, 0.717) is 6.07 Å². The summed E-state index contributed by atoms with van der Waals surface area (Å²) in [6.07, 6.45) is -9.72. The van der Waals surface area contributed by atoms with Gasteiger partial charge in [0.05, 0.1) is 11.1 Å². The third-order valence-corrected chi connectivity index (χ3v) is 2.39. The highest BCUT2D eigenvalue weighted by molar-refractivity contribution is 5.83. The summed E-state index contributed by atoms with van der Waals surface area (Å²) in [6, 6.07) is 1.73. The van der Waals surface area contributed by atoms with Crippen LogP contribution in [0.15, 0.2) is 22.6 Å². The summed E-state index contributed by atoms with van der Waals surface area (Å²) in [4.78, 5) is 0. The lowest BCUT2D eigenvalue weighted by molar-refractivity contribution is -0.142. The van der Waals surface area contributed by atoms with E-state index in [0.717, 1.165) is 6.07 Å². The molecule has 1 heterocycles. The molecular formula is C11H6F6O. The first-order valence-corrected chi connectivity index (χ1v) is 4.77. The summed E-state index contributed by atoms with van der Waals surface area (Å²) in [6.45, 7) is 1.37. The van der Waals surface area contributed by atoms with Gasteiger partial charge in [0.2, 0.25) is 0 Å². The minimum Gasteiger partial charge on any atom is -0.461 e. The van der Waals surface area contributed by atoms with E-state index in [1.54, 1.807) is 0 Å². The number of hydrogen-bond donors (Lipinski definition) is 0. The Bertz CT molecular complexity index is 590. The molecule has 1 aromatic carbocycles. The fourth-order valence-electron chi connectivity index (χ4n) is 1.66. The summed E-state index contributed by atoms with van der Waals surface area (Å²) < 4.78 is 80.3. The van der Waals surface area contributed by atoms with Crippen molar-refractivity contribution in [3.63, 3.8) is 0 Å². The van der Waals surface area contributed by atoms with Crippen LogP contribution in [0.1, 0.15) is 16.9 Å². The van der Waals surface area contributed by atoms with Crippen LogP contribution in [0.4, 0.5) is 26.3 Å². The zero-order valence-electron chi connectivity index (χ0n) is 8.91. The second-order valence-corrected chi connectivity index (χ2v) is 3.79. The number of aryl methyl sites for hydroxylation is 1. The molecule has 1 aromatic heterocycles. The maximum Gasteiger partial charge on any atom is 0.417 e. The van der Waals surface area contributed by atoms with Gasteiger partial charge in [0.25, 0.3) is 0 Å². The van der Waals surface area contributed by atoms with Gasteiger partial charge < -0.3 is 4.42 Å². The van der Waals surface area contributed by atoms with Gasteiger partial charge in [-0.3, -0.25) is 0 Å². The fraction of sp³-hybridized carbons (Fsp3) is 0.273. The van der Waals surface area contributed by atoms with Crippen molar-refractivity contribution in [1.82, 2.24) is 0 Å². The van der Waals surface area contributed by atoms with Crippen LogP contribution in [-0.4, -0.2) is 0 Å². The summed E-state index contributed by atoms with van der Waals surface area (Å²) in [5.41, 5.74) is -3.14. The van der Waals surface area contributed by atoms with Crippen LogP contribution in [0, 0.1) is 6.92 Å². The van der Waals surface area contributed by atoms with Crippen molar-refractivity contribution < 1.29 is 30.8 Å². The quantitative estimate of drug-likeness (QED) is 0.627. The van der Waals surface area contributed by atoms with E-state index in [4.69, 9.17) is 4.42 Å². The van der Waals surface area contributed by atoms with E-state index < -0.39 is 29.1 Å². The predicted octanol–water partition coefficient (Wildman–Crippen LogP) is 4.78. The SMILES string of the molecule is Cc1cc2c(C(F)(F)F)cc(C(F)(F)F)cc2o1. The number of halogens is 6. The molecular weight excluding hydrogens is 262 g/mol. The number of hydrogen-bond acceptors (Lipinski definition) is 1. The van der Waals surface area contributed by atoms with Crippen molar-refractivity contribution in [2.45, 2.75) is 19.3 Å². The second kappa shape index (κ2) is 3.66. The molecule has 2 aromatic rings. The maximum atomic E-state index is 12.7. The minimum atomic E-state index is -4.87. The molecule has 0 radical (unpaired) electrons. The van der Waals surface area contributed by atoms with Crippen LogP contribution in [0.5, 0.6) is 0 Å². The first-order valence-electron chi connectivity index (χ1n) is 4.77. The Balaban J connectivity index is 2.81. The minimum absolute atomic E-state index is 0.0945. The van der Waals surface area contributed by atoms with E-state index in [1.165, 1.54) is 6.92 Å². The summed E-state index contributed by atoms with van der Waals surface area (Å²) >= 11 is 0. The number of rotatable bonds is 0. The molecule has 1 nitrogen and oxygen atoms in total. The average molecular weight is 268 g/mol. The Kier molecular flexibility index (Phi) is 2.60. The van der Waals surface area contributed by atoms with Crippen molar-refractivity contribution in [3.05, 3.63) is 35.1 Å². The number of alkyl halides is 6. The van der Waals surface area contributed by atoms with Gasteiger partial charge in [0.15, 0.2) is 0 Å². The number of benzene rings is 1.